The van der Waals surface area contributed by atoms with Crippen LogP contribution in [0.5, 0.6) is 5.75 Å². The second kappa shape index (κ2) is 6.16. The molecule has 0 atom stereocenters. The number of esters is 1. The van der Waals surface area contributed by atoms with Crippen molar-refractivity contribution in [1.29, 1.82) is 0 Å². The Bertz CT molecular complexity index is 449. The monoisotopic (exact) mass is 214 g/mol. The molecule has 3 nitrogen and oxygen atoms in total. The Labute approximate surface area is 94.4 Å². The highest BCUT2D eigenvalue weighted by Gasteiger charge is 2.07. The molecule has 3 heteroatoms. The number of carbonyl (C=O) groups excluding carboxylic acids is 1. The maximum absolute atomic E-state index is 11.4. The van der Waals surface area contributed by atoms with Crippen molar-refractivity contribution in [1.82, 2.24) is 0 Å². The van der Waals surface area contributed by atoms with Gasteiger partial charge in [0.25, 0.3) is 0 Å². The zero-order chi connectivity index (χ0) is 11.8. The largest absolute Gasteiger partial charge is 0.481 e. The van der Waals surface area contributed by atoms with E-state index in [2.05, 4.69) is 11.8 Å². The zero-order valence-electron chi connectivity index (χ0n) is 8.60. The van der Waals surface area contributed by atoms with Crippen molar-refractivity contribution >= 4 is 5.97 Å². The average Bonchev–Trinajstić information content (AvgIpc) is 2.33. The van der Waals surface area contributed by atoms with Crippen LogP contribution in [0.1, 0.15) is 10.4 Å². The van der Waals surface area contributed by atoms with Crippen LogP contribution in [0.2, 0.25) is 0 Å². The molecule has 80 valence electrons. The minimum atomic E-state index is -0.482. The lowest BCUT2D eigenvalue weighted by atomic mass is 10.2. The molecule has 0 fully saturated rings. The fourth-order valence-electron chi connectivity index (χ4n) is 1.03. The van der Waals surface area contributed by atoms with Crippen LogP contribution in [0.25, 0.3) is 0 Å². The van der Waals surface area contributed by atoms with Crippen LogP contribution in [0.15, 0.2) is 24.3 Å². The van der Waals surface area contributed by atoms with Gasteiger partial charge in [0.1, 0.15) is 12.4 Å². The van der Waals surface area contributed by atoms with Crippen molar-refractivity contribution in [3.8, 4) is 30.4 Å². The Hall–Kier alpha value is -2.39. The molecule has 0 spiro atoms. The summed E-state index contributed by atoms with van der Waals surface area (Å²) in [6.45, 7) is 0.108. The molecule has 16 heavy (non-hydrogen) atoms. The van der Waals surface area contributed by atoms with Gasteiger partial charge in [-0.2, -0.15) is 0 Å². The number of ether oxygens (including phenoxy) is 2. The lowest BCUT2D eigenvalue weighted by Crippen LogP contribution is -2.05. The summed E-state index contributed by atoms with van der Waals surface area (Å²) in [6, 6.07) is 6.55. The molecule has 0 aliphatic rings. The van der Waals surface area contributed by atoms with Gasteiger partial charge in [0, 0.05) is 0 Å². The SMILES string of the molecule is C#CCOC(=O)c1cccc(OCC#C)c1. The molecule has 0 amide bonds. The summed E-state index contributed by atoms with van der Waals surface area (Å²) >= 11 is 0. The first-order chi connectivity index (χ1) is 7.77. The number of rotatable bonds is 4. The van der Waals surface area contributed by atoms with E-state index < -0.39 is 5.97 Å². The normalized spacial score (nSPS) is 8.62. The van der Waals surface area contributed by atoms with E-state index in [1.807, 2.05) is 0 Å². The summed E-state index contributed by atoms with van der Waals surface area (Å²) in [5, 5.41) is 0. The lowest BCUT2D eigenvalue weighted by Gasteiger charge is -2.04. The van der Waals surface area contributed by atoms with E-state index in [1.54, 1.807) is 24.3 Å². The fourth-order valence-corrected chi connectivity index (χ4v) is 1.03. The van der Waals surface area contributed by atoms with Crippen molar-refractivity contribution in [3.63, 3.8) is 0 Å². The molecule has 1 rings (SSSR count). The quantitative estimate of drug-likeness (QED) is 0.562. The predicted octanol–water partition coefficient (Wildman–Crippen LogP) is 1.49. The summed E-state index contributed by atoms with van der Waals surface area (Å²) in [4.78, 5) is 11.4. The molecule has 0 aliphatic heterocycles. The number of carbonyl (C=O) groups is 1. The van der Waals surface area contributed by atoms with E-state index in [1.165, 1.54) is 0 Å². The van der Waals surface area contributed by atoms with Gasteiger partial charge in [0.05, 0.1) is 5.56 Å². The maximum Gasteiger partial charge on any atom is 0.339 e. The van der Waals surface area contributed by atoms with Gasteiger partial charge in [-0.1, -0.05) is 17.9 Å². The third-order valence-electron chi connectivity index (χ3n) is 1.68. The second-order valence-corrected chi connectivity index (χ2v) is 2.80. The van der Waals surface area contributed by atoms with Crippen LogP contribution in [0.3, 0.4) is 0 Å². The van der Waals surface area contributed by atoms with Crippen LogP contribution in [-0.2, 0) is 4.74 Å². The standard InChI is InChI=1S/C13H10O3/c1-3-8-15-12-7-5-6-11(10-12)13(14)16-9-4-2/h1-2,5-7,10H,8-9H2. The van der Waals surface area contributed by atoms with Crippen LogP contribution >= 0.6 is 0 Å². The second-order valence-electron chi connectivity index (χ2n) is 2.80. The number of hydrogen-bond acceptors (Lipinski definition) is 3. The van der Waals surface area contributed by atoms with E-state index in [4.69, 9.17) is 22.3 Å². The molecule has 0 aromatic heterocycles. The molecule has 0 saturated heterocycles. The van der Waals surface area contributed by atoms with Gasteiger partial charge in [-0.25, -0.2) is 4.79 Å². The van der Waals surface area contributed by atoms with Crippen molar-refractivity contribution in [3.05, 3.63) is 29.8 Å². The van der Waals surface area contributed by atoms with Crippen LogP contribution in [0.4, 0.5) is 0 Å². The Balaban J connectivity index is 2.71. The smallest absolute Gasteiger partial charge is 0.339 e. The fraction of sp³-hybridized carbons (Fsp3) is 0.154. The van der Waals surface area contributed by atoms with E-state index in [0.29, 0.717) is 11.3 Å². The minimum absolute atomic E-state index is 0.0473. The molecule has 0 unspecified atom stereocenters. The van der Waals surface area contributed by atoms with Crippen molar-refractivity contribution in [2.24, 2.45) is 0 Å². The Morgan fingerprint density at radius 2 is 2.00 bits per heavy atom. The van der Waals surface area contributed by atoms with Gasteiger partial charge < -0.3 is 9.47 Å². The predicted molar refractivity (Wildman–Crippen MR) is 59.9 cm³/mol. The number of benzene rings is 1. The van der Waals surface area contributed by atoms with Crippen molar-refractivity contribution in [2.75, 3.05) is 13.2 Å². The van der Waals surface area contributed by atoms with E-state index >= 15 is 0 Å². The third kappa shape index (κ3) is 3.40. The summed E-state index contributed by atoms with van der Waals surface area (Å²) < 4.78 is 9.93. The Morgan fingerprint density at radius 3 is 2.69 bits per heavy atom. The number of hydrogen-bond donors (Lipinski definition) is 0. The van der Waals surface area contributed by atoms with Crippen LogP contribution < -0.4 is 4.74 Å². The van der Waals surface area contributed by atoms with Crippen LogP contribution in [-0.4, -0.2) is 19.2 Å². The lowest BCUT2D eigenvalue weighted by molar-refractivity contribution is 0.0556. The molecule has 0 saturated carbocycles. The molecular weight excluding hydrogens is 204 g/mol. The highest BCUT2D eigenvalue weighted by Crippen LogP contribution is 2.13. The first-order valence-electron chi connectivity index (χ1n) is 4.55. The zero-order valence-corrected chi connectivity index (χ0v) is 8.60. The van der Waals surface area contributed by atoms with Gasteiger partial charge in [-0.3, -0.25) is 0 Å². The number of terminal acetylenes is 2. The van der Waals surface area contributed by atoms with E-state index in [9.17, 15) is 4.79 Å². The van der Waals surface area contributed by atoms with Gasteiger partial charge in [0.2, 0.25) is 0 Å². The molecule has 0 N–H and O–H groups in total. The Morgan fingerprint density at radius 1 is 1.25 bits per heavy atom. The highest BCUT2D eigenvalue weighted by atomic mass is 16.5. The highest BCUT2D eigenvalue weighted by molar-refractivity contribution is 5.89. The molecule has 0 radical (unpaired) electrons. The average molecular weight is 214 g/mol. The molecule has 0 bridgehead atoms. The molecule has 0 heterocycles. The van der Waals surface area contributed by atoms with E-state index in [0.717, 1.165) is 0 Å². The maximum atomic E-state index is 11.4. The molecule has 1 aromatic rings. The summed E-state index contributed by atoms with van der Waals surface area (Å²) in [5.41, 5.74) is 0.379. The van der Waals surface area contributed by atoms with Gasteiger partial charge in [-0.15, -0.1) is 12.8 Å². The topological polar surface area (TPSA) is 35.5 Å². The summed E-state index contributed by atoms with van der Waals surface area (Å²) in [7, 11) is 0. The van der Waals surface area contributed by atoms with E-state index in [-0.39, 0.29) is 13.2 Å². The van der Waals surface area contributed by atoms with Crippen molar-refractivity contribution < 1.29 is 14.3 Å². The van der Waals surface area contributed by atoms with Gasteiger partial charge in [0.15, 0.2) is 6.61 Å². The minimum Gasteiger partial charge on any atom is -0.481 e. The summed E-state index contributed by atoms with van der Waals surface area (Å²) in [6.07, 6.45) is 10.0. The first-order valence-corrected chi connectivity index (χ1v) is 4.55. The van der Waals surface area contributed by atoms with Crippen molar-refractivity contribution in [2.45, 2.75) is 0 Å². The first kappa shape index (κ1) is 11.7. The summed E-state index contributed by atoms with van der Waals surface area (Å²) in [5.74, 6) is 4.59. The molecular formula is C13H10O3. The van der Waals surface area contributed by atoms with Gasteiger partial charge >= 0.3 is 5.97 Å². The third-order valence-corrected chi connectivity index (χ3v) is 1.68. The Kier molecular flexibility index (Phi) is 4.50. The van der Waals surface area contributed by atoms with Crippen LogP contribution in [0, 0.1) is 24.7 Å². The molecule has 0 aliphatic carbocycles. The molecule has 1 aromatic carbocycles. The van der Waals surface area contributed by atoms with Gasteiger partial charge in [-0.05, 0) is 18.2 Å².